The molecule has 0 bridgehead atoms. The van der Waals surface area contributed by atoms with Crippen LogP contribution in [-0.2, 0) is 9.53 Å². The average Bonchev–Trinajstić information content (AvgIpc) is 3.36. The summed E-state index contributed by atoms with van der Waals surface area (Å²) in [5.41, 5.74) is 1.00. The Morgan fingerprint density at radius 1 is 0.917 bits per heavy atom. The Morgan fingerprint density at radius 2 is 1.61 bits per heavy atom. The van der Waals surface area contributed by atoms with Crippen molar-refractivity contribution >= 4 is 29.2 Å². The number of carbonyl (C=O) groups excluding carboxylic acids is 1. The van der Waals surface area contributed by atoms with Crippen LogP contribution in [0.25, 0.3) is 0 Å². The Hall–Kier alpha value is 0.0500. The fraction of sp³-hybridized carbons (Fsp3) is 0.969. The zero-order valence-corrected chi connectivity index (χ0v) is 25.7. The lowest BCUT2D eigenvalue weighted by Crippen LogP contribution is -2.65. The summed E-state index contributed by atoms with van der Waals surface area (Å²) in [5, 5.41) is -0.0544. The van der Waals surface area contributed by atoms with Crippen molar-refractivity contribution in [2.45, 2.75) is 130 Å². The molecule has 5 aliphatic carbocycles. The van der Waals surface area contributed by atoms with Gasteiger partial charge in [-0.1, -0.05) is 48.5 Å². The van der Waals surface area contributed by atoms with Gasteiger partial charge >= 0.3 is 5.97 Å². The number of hydrogen-bond acceptors (Lipinski definition) is 2. The number of esters is 1. The van der Waals surface area contributed by atoms with Gasteiger partial charge in [-0.3, -0.25) is 4.79 Å². The van der Waals surface area contributed by atoms with Crippen LogP contribution in [0, 0.1) is 63.6 Å². The number of alkyl halides is 2. The molecule has 4 heteroatoms. The topological polar surface area (TPSA) is 26.3 Å². The number of rotatable bonds is 5. The van der Waals surface area contributed by atoms with E-state index in [1.165, 1.54) is 39.0 Å². The molecule has 0 aliphatic heterocycles. The molecule has 0 amide bonds. The van der Waals surface area contributed by atoms with E-state index in [4.69, 9.17) is 27.9 Å². The summed E-state index contributed by atoms with van der Waals surface area (Å²) in [6, 6.07) is 0. The third-order valence-corrected chi connectivity index (χ3v) is 15.3. The Balaban J connectivity index is 1.35. The van der Waals surface area contributed by atoms with Gasteiger partial charge in [-0.25, -0.2) is 0 Å². The Bertz CT molecular complexity index is 874. The Morgan fingerprint density at radius 3 is 2.25 bits per heavy atom. The molecule has 1 unspecified atom stereocenters. The molecular formula is C32H52Cl2O2. The van der Waals surface area contributed by atoms with Crippen molar-refractivity contribution in [2.75, 3.05) is 0 Å². The second kappa shape index (κ2) is 9.04. The van der Waals surface area contributed by atoms with Crippen molar-refractivity contribution in [3.63, 3.8) is 0 Å². The third kappa shape index (κ3) is 3.87. The van der Waals surface area contributed by atoms with Gasteiger partial charge in [0.15, 0.2) is 0 Å². The SMILES string of the molecule is CC(=O)O[C@H]1CC[C@]2(C)[C@H]3CC[C@]4(C)[C@@H]([C@H](C)[C@H]5C[C@]5(C)[C@H](C)C(C)C)CC[C@H]4[C@@H]3CC(Cl)[C@@]2(Cl)C1. The van der Waals surface area contributed by atoms with Gasteiger partial charge in [0, 0.05) is 13.3 Å². The number of carbonyl (C=O) groups is 1. The molecule has 0 aromatic carbocycles. The first-order valence-corrected chi connectivity index (χ1v) is 16.0. The van der Waals surface area contributed by atoms with E-state index in [9.17, 15) is 4.79 Å². The fourth-order valence-electron chi connectivity index (χ4n) is 11.2. The largest absolute Gasteiger partial charge is 0.462 e. The molecule has 0 radical (unpaired) electrons. The summed E-state index contributed by atoms with van der Waals surface area (Å²) in [6.07, 6.45) is 10.4. The molecule has 13 atom stereocenters. The van der Waals surface area contributed by atoms with Crippen LogP contribution in [0.4, 0.5) is 0 Å². The first kappa shape index (κ1) is 27.6. The van der Waals surface area contributed by atoms with Crippen LogP contribution >= 0.6 is 23.2 Å². The molecule has 0 N–H and O–H groups in total. The smallest absolute Gasteiger partial charge is 0.302 e. The number of hydrogen-bond donors (Lipinski definition) is 0. The van der Waals surface area contributed by atoms with Crippen LogP contribution in [0.5, 0.6) is 0 Å². The number of ether oxygens (including phenoxy) is 1. The van der Waals surface area contributed by atoms with Gasteiger partial charge in [-0.05, 0) is 115 Å². The van der Waals surface area contributed by atoms with E-state index in [-0.39, 0.29) is 22.9 Å². The van der Waals surface area contributed by atoms with Crippen LogP contribution in [0.1, 0.15) is 113 Å². The van der Waals surface area contributed by atoms with Gasteiger partial charge in [0.25, 0.3) is 0 Å². The van der Waals surface area contributed by atoms with E-state index in [0.717, 1.165) is 54.8 Å². The average molecular weight is 540 g/mol. The molecule has 5 rings (SSSR count). The van der Waals surface area contributed by atoms with Crippen LogP contribution in [0.3, 0.4) is 0 Å². The van der Waals surface area contributed by atoms with Crippen molar-refractivity contribution in [3.05, 3.63) is 0 Å². The van der Waals surface area contributed by atoms with Crippen molar-refractivity contribution in [1.29, 1.82) is 0 Å². The minimum absolute atomic E-state index is 0.0212. The van der Waals surface area contributed by atoms with E-state index in [2.05, 4.69) is 48.5 Å². The van der Waals surface area contributed by atoms with Crippen molar-refractivity contribution in [1.82, 2.24) is 0 Å². The minimum Gasteiger partial charge on any atom is -0.462 e. The van der Waals surface area contributed by atoms with Crippen molar-refractivity contribution in [2.24, 2.45) is 63.6 Å². The van der Waals surface area contributed by atoms with Crippen molar-refractivity contribution < 1.29 is 9.53 Å². The molecule has 2 nitrogen and oxygen atoms in total. The molecule has 0 heterocycles. The number of fused-ring (bicyclic) bond motifs is 5. The first-order valence-electron chi connectivity index (χ1n) is 15.2. The summed E-state index contributed by atoms with van der Waals surface area (Å²) < 4.78 is 5.66. The maximum atomic E-state index is 11.7. The van der Waals surface area contributed by atoms with Crippen LogP contribution in [-0.4, -0.2) is 22.3 Å². The molecule has 36 heavy (non-hydrogen) atoms. The van der Waals surface area contributed by atoms with Gasteiger partial charge < -0.3 is 4.74 Å². The predicted molar refractivity (Wildman–Crippen MR) is 150 cm³/mol. The summed E-state index contributed by atoms with van der Waals surface area (Å²) in [6.45, 7) is 19.1. The highest BCUT2D eigenvalue weighted by Crippen LogP contribution is 2.73. The highest BCUT2D eigenvalue weighted by atomic mass is 35.5. The van der Waals surface area contributed by atoms with Gasteiger partial charge in [-0.2, -0.15) is 0 Å². The molecule has 0 aromatic rings. The maximum Gasteiger partial charge on any atom is 0.302 e. The second-order valence-corrected chi connectivity index (χ2v) is 16.5. The van der Waals surface area contributed by atoms with Gasteiger partial charge in [-0.15, -0.1) is 23.2 Å². The molecule has 5 aliphatic rings. The molecule has 0 aromatic heterocycles. The standard InChI is InChI=1S/C32H52Cl2O2/c1-18(2)20(4)30(7)17-27(30)19(3)24-9-10-25-23-15-28(33)32(34)16-22(36-21(5)35)11-14-31(32,8)26(23)12-13-29(24,25)6/h18-20,22-28H,9-17H2,1-8H3/t19-,20+,22-,23-,24+,25-,26-,27+,28?,29+,30+,31+,32-/m0/s1. The zero-order chi connectivity index (χ0) is 26.4. The minimum atomic E-state index is -0.476. The van der Waals surface area contributed by atoms with Crippen LogP contribution < -0.4 is 0 Å². The predicted octanol–water partition coefficient (Wildman–Crippen LogP) is 9.11. The van der Waals surface area contributed by atoms with E-state index in [1.54, 1.807) is 0 Å². The molecule has 5 saturated carbocycles. The monoisotopic (exact) mass is 538 g/mol. The van der Waals surface area contributed by atoms with Gasteiger partial charge in [0.05, 0.1) is 10.3 Å². The van der Waals surface area contributed by atoms with E-state index in [1.807, 2.05) is 0 Å². The normalized spacial score (nSPS) is 53.7. The Kier molecular flexibility index (Phi) is 6.93. The lowest BCUT2D eigenvalue weighted by Gasteiger charge is -2.65. The van der Waals surface area contributed by atoms with Gasteiger partial charge in [0.2, 0.25) is 0 Å². The van der Waals surface area contributed by atoms with E-state index in [0.29, 0.717) is 29.1 Å². The van der Waals surface area contributed by atoms with Crippen molar-refractivity contribution in [3.8, 4) is 0 Å². The van der Waals surface area contributed by atoms with Gasteiger partial charge in [0.1, 0.15) is 6.10 Å². The molecule has 0 saturated heterocycles. The van der Waals surface area contributed by atoms with E-state index >= 15 is 0 Å². The summed E-state index contributed by atoms with van der Waals surface area (Å²) in [7, 11) is 0. The fourth-order valence-corrected chi connectivity index (χ4v) is 12.2. The highest BCUT2D eigenvalue weighted by Gasteiger charge is 2.68. The Labute approximate surface area is 231 Å². The quantitative estimate of drug-likeness (QED) is 0.257. The maximum absolute atomic E-state index is 11.7. The zero-order valence-electron chi connectivity index (χ0n) is 24.2. The summed E-state index contributed by atoms with van der Waals surface area (Å²) >= 11 is 14.8. The summed E-state index contributed by atoms with van der Waals surface area (Å²) in [4.78, 5) is 11.2. The number of halogens is 2. The molecule has 0 spiro atoms. The summed E-state index contributed by atoms with van der Waals surface area (Å²) in [5.74, 6) is 6.04. The first-order chi connectivity index (χ1) is 16.7. The van der Waals surface area contributed by atoms with Crippen LogP contribution in [0.2, 0.25) is 0 Å². The highest BCUT2D eigenvalue weighted by molar-refractivity contribution is 6.33. The third-order valence-electron chi connectivity index (χ3n) is 13.8. The lowest BCUT2D eigenvalue weighted by molar-refractivity contribution is -0.156. The van der Waals surface area contributed by atoms with E-state index < -0.39 is 4.87 Å². The molecule has 206 valence electrons. The molecule has 5 fully saturated rings. The lowest BCUT2D eigenvalue weighted by atomic mass is 9.44. The molecular weight excluding hydrogens is 487 g/mol. The van der Waals surface area contributed by atoms with Crippen LogP contribution in [0.15, 0.2) is 0 Å². The second-order valence-electron chi connectivity index (χ2n) is 15.3.